The van der Waals surface area contributed by atoms with Gasteiger partial charge in [0.05, 0.1) is 13.2 Å². The van der Waals surface area contributed by atoms with Gasteiger partial charge < -0.3 is 15.4 Å². The maximum Gasteiger partial charge on any atom is 0.309 e. The maximum absolute atomic E-state index is 11.7. The van der Waals surface area contributed by atoms with E-state index in [2.05, 4.69) is 15.5 Å². The molecule has 0 aliphatic carbocycles. The molecular formula is C15H20ClN3O3. The summed E-state index contributed by atoms with van der Waals surface area (Å²) in [5.41, 5.74) is 0.888. The zero-order valence-electron chi connectivity index (χ0n) is 12.3. The monoisotopic (exact) mass is 325 g/mol. The number of ether oxygens (including phenoxy) is 1. The Labute approximate surface area is 134 Å². The highest BCUT2D eigenvalue weighted by Gasteiger charge is 2.14. The van der Waals surface area contributed by atoms with Crippen molar-refractivity contribution in [2.45, 2.75) is 6.54 Å². The molecule has 6 nitrogen and oxygen atoms in total. The van der Waals surface area contributed by atoms with Crippen molar-refractivity contribution in [2.75, 3.05) is 39.4 Å². The number of hydrogen-bond donors (Lipinski definition) is 2. The van der Waals surface area contributed by atoms with Crippen LogP contribution < -0.4 is 10.6 Å². The molecule has 1 aromatic carbocycles. The van der Waals surface area contributed by atoms with Crippen LogP contribution in [0.2, 0.25) is 5.02 Å². The van der Waals surface area contributed by atoms with Gasteiger partial charge in [-0.15, -0.1) is 0 Å². The number of halogens is 1. The van der Waals surface area contributed by atoms with E-state index in [-0.39, 0.29) is 0 Å². The van der Waals surface area contributed by atoms with Crippen LogP contribution in [0.5, 0.6) is 0 Å². The summed E-state index contributed by atoms with van der Waals surface area (Å²) in [6.45, 7) is 4.63. The van der Waals surface area contributed by atoms with Gasteiger partial charge in [-0.3, -0.25) is 14.5 Å². The highest BCUT2D eigenvalue weighted by molar-refractivity contribution is 6.35. The minimum Gasteiger partial charge on any atom is -0.379 e. The van der Waals surface area contributed by atoms with E-state index >= 15 is 0 Å². The van der Waals surface area contributed by atoms with Gasteiger partial charge in [-0.1, -0.05) is 23.7 Å². The Morgan fingerprint density at radius 2 is 1.73 bits per heavy atom. The molecule has 0 aromatic heterocycles. The Hall–Kier alpha value is -1.63. The largest absolute Gasteiger partial charge is 0.379 e. The maximum atomic E-state index is 11.7. The summed E-state index contributed by atoms with van der Waals surface area (Å²) in [6.07, 6.45) is 0. The van der Waals surface area contributed by atoms with Crippen molar-refractivity contribution in [2.24, 2.45) is 0 Å². The predicted octanol–water partition coefficient (Wildman–Crippen LogP) is 0.405. The fraction of sp³-hybridized carbons (Fsp3) is 0.467. The molecule has 7 heteroatoms. The molecule has 2 rings (SSSR count). The van der Waals surface area contributed by atoms with E-state index < -0.39 is 11.8 Å². The number of benzene rings is 1. The van der Waals surface area contributed by atoms with Gasteiger partial charge in [0.25, 0.3) is 0 Å². The van der Waals surface area contributed by atoms with Crippen LogP contribution >= 0.6 is 11.6 Å². The molecule has 1 aliphatic heterocycles. The number of nitrogens with one attached hydrogen (secondary N) is 2. The molecule has 1 aromatic rings. The van der Waals surface area contributed by atoms with Gasteiger partial charge >= 0.3 is 11.8 Å². The zero-order valence-corrected chi connectivity index (χ0v) is 13.1. The lowest BCUT2D eigenvalue weighted by Gasteiger charge is -2.26. The molecule has 120 valence electrons. The molecule has 2 amide bonds. The lowest BCUT2D eigenvalue weighted by molar-refractivity contribution is -0.139. The number of amides is 2. The average Bonchev–Trinajstić information content (AvgIpc) is 2.55. The Bertz CT molecular complexity index is 501. The molecule has 2 N–H and O–H groups in total. The molecule has 22 heavy (non-hydrogen) atoms. The van der Waals surface area contributed by atoms with E-state index in [0.29, 0.717) is 18.1 Å². The standard InChI is InChI=1S/C15H20ClN3O3/c16-13-3-1-12(2-4-13)11-18-15(21)14(20)17-5-6-19-7-9-22-10-8-19/h1-4H,5-11H2,(H,17,20)(H,18,21). The van der Waals surface area contributed by atoms with Gasteiger partial charge in [0.1, 0.15) is 0 Å². The van der Waals surface area contributed by atoms with E-state index in [4.69, 9.17) is 16.3 Å². The normalized spacial score (nSPS) is 15.3. The van der Waals surface area contributed by atoms with Crippen LogP contribution in [0.3, 0.4) is 0 Å². The second-order valence-electron chi connectivity index (χ2n) is 5.02. The van der Waals surface area contributed by atoms with Crippen molar-refractivity contribution in [3.05, 3.63) is 34.9 Å². The van der Waals surface area contributed by atoms with Crippen LogP contribution in [0.15, 0.2) is 24.3 Å². The summed E-state index contributed by atoms with van der Waals surface area (Å²) in [7, 11) is 0. The second-order valence-corrected chi connectivity index (χ2v) is 5.46. The molecule has 0 radical (unpaired) electrons. The SMILES string of the molecule is O=C(NCCN1CCOCC1)C(=O)NCc1ccc(Cl)cc1. The van der Waals surface area contributed by atoms with Gasteiger partial charge in [0.2, 0.25) is 0 Å². The first-order valence-corrected chi connectivity index (χ1v) is 7.63. The number of hydrogen-bond acceptors (Lipinski definition) is 4. The molecule has 1 aliphatic rings. The average molecular weight is 326 g/mol. The lowest BCUT2D eigenvalue weighted by atomic mass is 10.2. The van der Waals surface area contributed by atoms with Crippen LogP contribution in [0.4, 0.5) is 0 Å². The van der Waals surface area contributed by atoms with Crippen LogP contribution in [0, 0.1) is 0 Å². The Balaban J connectivity index is 1.63. The van der Waals surface area contributed by atoms with Crippen molar-refractivity contribution < 1.29 is 14.3 Å². The van der Waals surface area contributed by atoms with Crippen molar-refractivity contribution in [3.8, 4) is 0 Å². The van der Waals surface area contributed by atoms with E-state index in [1.807, 2.05) is 0 Å². The van der Waals surface area contributed by atoms with Crippen molar-refractivity contribution >= 4 is 23.4 Å². The summed E-state index contributed by atoms with van der Waals surface area (Å²) < 4.78 is 5.25. The van der Waals surface area contributed by atoms with Crippen LogP contribution in [0.25, 0.3) is 0 Å². The first-order chi connectivity index (χ1) is 10.6. The third-order valence-electron chi connectivity index (χ3n) is 3.39. The fourth-order valence-corrected chi connectivity index (χ4v) is 2.22. The van der Waals surface area contributed by atoms with Crippen molar-refractivity contribution in [1.29, 1.82) is 0 Å². The summed E-state index contributed by atoms with van der Waals surface area (Å²) in [4.78, 5) is 25.5. The summed E-state index contributed by atoms with van der Waals surface area (Å²) in [6, 6.07) is 7.09. The van der Waals surface area contributed by atoms with Crippen LogP contribution in [-0.2, 0) is 20.9 Å². The molecule has 0 spiro atoms. The summed E-state index contributed by atoms with van der Waals surface area (Å²) in [5.74, 6) is -1.24. The summed E-state index contributed by atoms with van der Waals surface area (Å²) >= 11 is 5.78. The molecule has 0 atom stereocenters. The molecule has 0 saturated carbocycles. The number of morpholine rings is 1. The van der Waals surface area contributed by atoms with Gasteiger partial charge in [0.15, 0.2) is 0 Å². The molecule has 0 bridgehead atoms. The topological polar surface area (TPSA) is 70.7 Å². The van der Waals surface area contributed by atoms with E-state index in [1.165, 1.54) is 0 Å². The van der Waals surface area contributed by atoms with Crippen molar-refractivity contribution in [3.63, 3.8) is 0 Å². The second kappa shape index (κ2) is 8.73. The van der Waals surface area contributed by atoms with Gasteiger partial charge in [-0.05, 0) is 17.7 Å². The smallest absolute Gasteiger partial charge is 0.309 e. The summed E-state index contributed by atoms with van der Waals surface area (Å²) in [5, 5.41) is 5.83. The highest BCUT2D eigenvalue weighted by atomic mass is 35.5. The first kappa shape index (κ1) is 16.7. The molecule has 1 saturated heterocycles. The van der Waals surface area contributed by atoms with Gasteiger partial charge in [-0.2, -0.15) is 0 Å². The number of nitrogens with zero attached hydrogens (tertiary/aromatic N) is 1. The Morgan fingerprint density at radius 1 is 1.09 bits per heavy atom. The number of carbonyl (C=O) groups is 2. The predicted molar refractivity (Wildman–Crippen MR) is 83.6 cm³/mol. The lowest BCUT2D eigenvalue weighted by Crippen LogP contribution is -2.44. The third kappa shape index (κ3) is 5.63. The van der Waals surface area contributed by atoms with E-state index in [1.54, 1.807) is 24.3 Å². The molecule has 1 fully saturated rings. The zero-order chi connectivity index (χ0) is 15.8. The Kier molecular flexibility index (Phi) is 6.64. The van der Waals surface area contributed by atoms with E-state index in [0.717, 1.165) is 38.4 Å². The highest BCUT2D eigenvalue weighted by Crippen LogP contribution is 2.08. The fourth-order valence-electron chi connectivity index (χ4n) is 2.10. The van der Waals surface area contributed by atoms with Crippen molar-refractivity contribution in [1.82, 2.24) is 15.5 Å². The molecule has 0 unspecified atom stereocenters. The van der Waals surface area contributed by atoms with Crippen LogP contribution in [0.1, 0.15) is 5.56 Å². The van der Waals surface area contributed by atoms with Crippen LogP contribution in [-0.4, -0.2) is 56.1 Å². The third-order valence-corrected chi connectivity index (χ3v) is 3.64. The Morgan fingerprint density at radius 3 is 2.41 bits per heavy atom. The van der Waals surface area contributed by atoms with Gasteiger partial charge in [-0.25, -0.2) is 0 Å². The number of carbonyl (C=O) groups excluding carboxylic acids is 2. The minimum absolute atomic E-state index is 0.298. The minimum atomic E-state index is -0.628. The first-order valence-electron chi connectivity index (χ1n) is 7.26. The van der Waals surface area contributed by atoms with E-state index in [9.17, 15) is 9.59 Å². The van der Waals surface area contributed by atoms with Gasteiger partial charge in [0, 0.05) is 37.7 Å². The number of rotatable bonds is 5. The quantitative estimate of drug-likeness (QED) is 0.769. The molecular weight excluding hydrogens is 306 g/mol. The molecule has 1 heterocycles.